The molecule has 1 aliphatic carbocycles. The van der Waals surface area contributed by atoms with Crippen LogP contribution in [0.1, 0.15) is 43.0 Å². The van der Waals surface area contributed by atoms with Gasteiger partial charge in [0.25, 0.3) is 5.91 Å². The molecular weight excluding hydrogens is 272 g/mol. The number of amides is 1. The number of carbonyl (C=O) groups is 1. The first kappa shape index (κ1) is 15.2. The minimum atomic E-state index is 0.00946. The molecule has 20 heavy (non-hydrogen) atoms. The smallest absolute Gasteiger partial charge is 0.255 e. The maximum atomic E-state index is 12.2. The average molecular weight is 295 g/mol. The molecule has 1 aromatic carbocycles. The molecule has 110 valence electrons. The average Bonchev–Trinajstić information content (AvgIpc) is 2.85. The van der Waals surface area contributed by atoms with E-state index >= 15 is 0 Å². The van der Waals surface area contributed by atoms with Gasteiger partial charge in [-0.05, 0) is 37.0 Å². The third-order valence-corrected chi connectivity index (χ3v) is 4.38. The maximum absolute atomic E-state index is 12.2. The lowest BCUT2D eigenvalue weighted by Gasteiger charge is -2.23. The molecule has 3 nitrogen and oxygen atoms in total. The molecule has 1 N–H and O–H groups in total. The first-order valence-corrected chi connectivity index (χ1v) is 7.68. The Morgan fingerprint density at radius 1 is 1.40 bits per heavy atom. The Labute approximate surface area is 126 Å². The molecule has 1 fully saturated rings. The maximum Gasteiger partial charge on any atom is 0.255 e. The summed E-state index contributed by atoms with van der Waals surface area (Å²) in [4.78, 5) is 13.8. The SMILES string of the molecule is CCC1CCCC1Nc1cc(Cl)ccc1C(=O)N(C)C. The molecule has 0 spiro atoms. The highest BCUT2D eigenvalue weighted by Crippen LogP contribution is 2.32. The van der Waals surface area contributed by atoms with Crippen LogP contribution in [0.2, 0.25) is 5.02 Å². The predicted molar refractivity (Wildman–Crippen MR) is 84.5 cm³/mol. The van der Waals surface area contributed by atoms with Gasteiger partial charge >= 0.3 is 0 Å². The lowest BCUT2D eigenvalue weighted by molar-refractivity contribution is 0.0828. The van der Waals surface area contributed by atoms with E-state index in [0.29, 0.717) is 22.5 Å². The largest absolute Gasteiger partial charge is 0.381 e. The Bertz CT molecular complexity index is 487. The van der Waals surface area contributed by atoms with E-state index in [2.05, 4.69) is 12.2 Å². The fourth-order valence-electron chi connectivity index (χ4n) is 2.98. The van der Waals surface area contributed by atoms with Crippen LogP contribution in [-0.4, -0.2) is 30.9 Å². The Hall–Kier alpha value is -1.22. The van der Waals surface area contributed by atoms with Crippen molar-refractivity contribution in [3.05, 3.63) is 28.8 Å². The van der Waals surface area contributed by atoms with Crippen molar-refractivity contribution in [3.8, 4) is 0 Å². The summed E-state index contributed by atoms with van der Waals surface area (Å²) in [7, 11) is 3.54. The van der Waals surface area contributed by atoms with Gasteiger partial charge in [0.15, 0.2) is 0 Å². The molecule has 0 radical (unpaired) electrons. The number of carbonyl (C=O) groups excluding carboxylic acids is 1. The molecule has 1 aromatic rings. The fraction of sp³-hybridized carbons (Fsp3) is 0.562. The zero-order valence-electron chi connectivity index (χ0n) is 12.4. The lowest BCUT2D eigenvalue weighted by Crippen LogP contribution is -2.27. The van der Waals surface area contributed by atoms with Crippen molar-refractivity contribution < 1.29 is 4.79 Å². The molecule has 0 saturated heterocycles. The van der Waals surface area contributed by atoms with Gasteiger partial charge < -0.3 is 10.2 Å². The summed E-state index contributed by atoms with van der Waals surface area (Å²) in [5.74, 6) is 0.700. The Morgan fingerprint density at radius 3 is 2.80 bits per heavy atom. The van der Waals surface area contributed by atoms with Crippen molar-refractivity contribution in [3.63, 3.8) is 0 Å². The Morgan fingerprint density at radius 2 is 2.15 bits per heavy atom. The van der Waals surface area contributed by atoms with Gasteiger partial charge in [-0.1, -0.05) is 31.4 Å². The summed E-state index contributed by atoms with van der Waals surface area (Å²) < 4.78 is 0. The molecule has 4 heteroatoms. The summed E-state index contributed by atoms with van der Waals surface area (Å²) >= 11 is 6.09. The number of halogens is 1. The van der Waals surface area contributed by atoms with Crippen molar-refractivity contribution in [1.29, 1.82) is 0 Å². The van der Waals surface area contributed by atoms with Gasteiger partial charge in [0.2, 0.25) is 0 Å². The van der Waals surface area contributed by atoms with Crippen LogP contribution >= 0.6 is 11.6 Å². The number of anilines is 1. The molecule has 0 bridgehead atoms. The highest BCUT2D eigenvalue weighted by atomic mass is 35.5. The van der Waals surface area contributed by atoms with Gasteiger partial charge in [-0.2, -0.15) is 0 Å². The molecule has 2 rings (SSSR count). The monoisotopic (exact) mass is 294 g/mol. The molecular formula is C16H23ClN2O. The zero-order chi connectivity index (χ0) is 14.7. The number of nitrogens with one attached hydrogen (secondary N) is 1. The van der Waals surface area contributed by atoms with Crippen molar-refractivity contribution in [2.24, 2.45) is 5.92 Å². The van der Waals surface area contributed by atoms with Crippen LogP contribution in [0.15, 0.2) is 18.2 Å². The van der Waals surface area contributed by atoms with Crippen molar-refractivity contribution >= 4 is 23.2 Å². The van der Waals surface area contributed by atoms with Gasteiger partial charge in [0.1, 0.15) is 0 Å². The number of rotatable bonds is 4. The summed E-state index contributed by atoms with van der Waals surface area (Å²) in [5.41, 5.74) is 1.56. The summed E-state index contributed by atoms with van der Waals surface area (Å²) in [6, 6.07) is 5.90. The van der Waals surface area contributed by atoms with Crippen LogP contribution in [0.4, 0.5) is 5.69 Å². The van der Waals surface area contributed by atoms with Crippen LogP contribution < -0.4 is 5.32 Å². The van der Waals surface area contributed by atoms with Crippen LogP contribution in [0.25, 0.3) is 0 Å². The van der Waals surface area contributed by atoms with E-state index in [4.69, 9.17) is 11.6 Å². The van der Waals surface area contributed by atoms with Gasteiger partial charge in [0, 0.05) is 30.8 Å². The molecule has 2 unspecified atom stereocenters. The molecule has 2 atom stereocenters. The number of benzene rings is 1. The topological polar surface area (TPSA) is 32.3 Å². The Kier molecular flexibility index (Phi) is 4.92. The van der Waals surface area contributed by atoms with Crippen LogP contribution in [-0.2, 0) is 0 Å². The summed E-state index contributed by atoms with van der Waals surface area (Å²) in [6.07, 6.45) is 4.87. The van der Waals surface area contributed by atoms with Crippen molar-refractivity contribution in [2.45, 2.75) is 38.6 Å². The minimum Gasteiger partial charge on any atom is -0.381 e. The molecule has 0 heterocycles. The molecule has 0 aliphatic heterocycles. The highest BCUT2D eigenvalue weighted by molar-refractivity contribution is 6.31. The molecule has 1 aliphatic rings. The molecule has 1 saturated carbocycles. The van der Waals surface area contributed by atoms with E-state index in [0.717, 1.165) is 5.69 Å². The van der Waals surface area contributed by atoms with E-state index in [1.54, 1.807) is 25.1 Å². The summed E-state index contributed by atoms with van der Waals surface area (Å²) in [5, 5.41) is 4.22. The van der Waals surface area contributed by atoms with E-state index in [1.807, 2.05) is 12.1 Å². The van der Waals surface area contributed by atoms with E-state index < -0.39 is 0 Å². The number of nitrogens with zero attached hydrogens (tertiary/aromatic N) is 1. The van der Waals surface area contributed by atoms with Crippen LogP contribution in [0.3, 0.4) is 0 Å². The van der Waals surface area contributed by atoms with Gasteiger partial charge in [0.05, 0.1) is 5.56 Å². The number of hydrogen-bond acceptors (Lipinski definition) is 2. The quantitative estimate of drug-likeness (QED) is 0.909. The second kappa shape index (κ2) is 6.49. The standard InChI is InChI=1S/C16H23ClN2O/c1-4-11-6-5-7-14(11)18-15-10-12(17)8-9-13(15)16(20)19(2)3/h8-11,14,18H,4-7H2,1-3H3. The van der Waals surface area contributed by atoms with Crippen LogP contribution in [0.5, 0.6) is 0 Å². The normalized spacial score (nSPS) is 21.8. The molecule has 0 aromatic heterocycles. The number of hydrogen-bond donors (Lipinski definition) is 1. The van der Waals surface area contributed by atoms with Gasteiger partial charge in [-0.25, -0.2) is 0 Å². The highest BCUT2D eigenvalue weighted by Gasteiger charge is 2.27. The van der Waals surface area contributed by atoms with Gasteiger partial charge in [-0.3, -0.25) is 4.79 Å². The molecule has 1 amide bonds. The zero-order valence-corrected chi connectivity index (χ0v) is 13.2. The third-order valence-electron chi connectivity index (χ3n) is 4.14. The third kappa shape index (κ3) is 3.26. The second-order valence-electron chi connectivity index (χ2n) is 5.74. The van der Waals surface area contributed by atoms with E-state index in [-0.39, 0.29) is 5.91 Å². The first-order valence-electron chi connectivity index (χ1n) is 7.30. The fourth-order valence-corrected chi connectivity index (χ4v) is 3.15. The van der Waals surface area contributed by atoms with E-state index in [9.17, 15) is 4.79 Å². The summed E-state index contributed by atoms with van der Waals surface area (Å²) in [6.45, 7) is 2.23. The second-order valence-corrected chi connectivity index (χ2v) is 6.18. The first-order chi connectivity index (χ1) is 9.52. The van der Waals surface area contributed by atoms with Crippen molar-refractivity contribution in [1.82, 2.24) is 4.90 Å². The van der Waals surface area contributed by atoms with Gasteiger partial charge in [-0.15, -0.1) is 0 Å². The minimum absolute atomic E-state index is 0.00946. The Balaban J connectivity index is 2.25. The lowest BCUT2D eigenvalue weighted by atomic mass is 10.00. The van der Waals surface area contributed by atoms with Crippen molar-refractivity contribution in [2.75, 3.05) is 19.4 Å². The van der Waals surface area contributed by atoms with Crippen LogP contribution in [0, 0.1) is 5.92 Å². The predicted octanol–water partition coefficient (Wildman–Crippen LogP) is 4.03. The van der Waals surface area contributed by atoms with E-state index in [1.165, 1.54) is 25.7 Å².